The summed E-state index contributed by atoms with van der Waals surface area (Å²) in [7, 11) is 0. The maximum atomic E-state index is 5.82. The molecule has 0 spiro atoms. The molecular formula is C19H24N4OS. The molecule has 2 N–H and O–H groups in total. The van der Waals surface area contributed by atoms with Crippen molar-refractivity contribution in [2.45, 2.75) is 33.7 Å². The van der Waals surface area contributed by atoms with E-state index in [0.717, 1.165) is 52.9 Å². The average molecular weight is 356 g/mol. The van der Waals surface area contributed by atoms with Crippen LogP contribution < -0.4 is 10.6 Å². The molecule has 3 aromatic rings. The quantitative estimate of drug-likeness (QED) is 0.521. The van der Waals surface area contributed by atoms with Gasteiger partial charge < -0.3 is 15.1 Å². The normalized spacial score (nSPS) is 11.9. The van der Waals surface area contributed by atoms with Crippen molar-refractivity contribution in [2.24, 2.45) is 4.99 Å². The Bertz CT molecular complexity index is 813. The Balaban J connectivity index is 1.58. The second-order valence-corrected chi connectivity index (χ2v) is 7.16. The number of aliphatic imine (C=N–C) groups is 1. The van der Waals surface area contributed by atoms with E-state index in [1.54, 1.807) is 11.3 Å². The molecule has 0 unspecified atom stereocenters. The number of para-hydroxylation sites is 1. The first-order chi connectivity index (χ1) is 12.2. The monoisotopic (exact) mass is 356 g/mol. The number of rotatable bonds is 6. The van der Waals surface area contributed by atoms with Gasteiger partial charge in [0.05, 0.1) is 10.7 Å². The zero-order chi connectivity index (χ0) is 17.6. The molecule has 2 aromatic heterocycles. The molecule has 0 atom stereocenters. The van der Waals surface area contributed by atoms with Crippen LogP contribution in [0.4, 0.5) is 0 Å². The van der Waals surface area contributed by atoms with Crippen molar-refractivity contribution in [3.8, 4) is 0 Å². The number of nitrogens with one attached hydrogen (secondary N) is 2. The van der Waals surface area contributed by atoms with Crippen molar-refractivity contribution < 1.29 is 4.42 Å². The Morgan fingerprint density at radius 2 is 2.08 bits per heavy atom. The van der Waals surface area contributed by atoms with Gasteiger partial charge in [-0.3, -0.25) is 0 Å². The molecule has 0 aliphatic heterocycles. The van der Waals surface area contributed by atoms with E-state index < -0.39 is 0 Å². The molecule has 132 valence electrons. The maximum absolute atomic E-state index is 5.82. The first kappa shape index (κ1) is 17.5. The Morgan fingerprint density at radius 3 is 2.80 bits per heavy atom. The van der Waals surface area contributed by atoms with Crippen LogP contribution in [0.3, 0.4) is 0 Å². The van der Waals surface area contributed by atoms with Gasteiger partial charge in [0.2, 0.25) is 0 Å². The average Bonchev–Trinajstić information content (AvgIpc) is 3.15. The van der Waals surface area contributed by atoms with Crippen LogP contribution in [0.15, 0.2) is 39.7 Å². The molecule has 6 heteroatoms. The van der Waals surface area contributed by atoms with E-state index in [4.69, 9.17) is 4.42 Å². The van der Waals surface area contributed by atoms with E-state index in [1.165, 1.54) is 4.88 Å². The van der Waals surface area contributed by atoms with Crippen molar-refractivity contribution in [3.05, 3.63) is 51.7 Å². The van der Waals surface area contributed by atoms with Gasteiger partial charge >= 0.3 is 0 Å². The third kappa shape index (κ3) is 4.60. The predicted octanol–water partition coefficient (Wildman–Crippen LogP) is 3.80. The lowest BCUT2D eigenvalue weighted by Crippen LogP contribution is -2.38. The molecule has 0 fully saturated rings. The lowest BCUT2D eigenvalue weighted by atomic mass is 10.2. The van der Waals surface area contributed by atoms with Crippen LogP contribution in [0, 0.1) is 13.8 Å². The fraction of sp³-hybridized carbons (Fsp3) is 0.368. The highest BCUT2D eigenvalue weighted by Gasteiger charge is 2.05. The van der Waals surface area contributed by atoms with Crippen molar-refractivity contribution in [1.82, 2.24) is 15.6 Å². The van der Waals surface area contributed by atoms with E-state index in [1.807, 2.05) is 30.3 Å². The Labute approximate surface area is 152 Å². The van der Waals surface area contributed by atoms with E-state index in [2.05, 4.69) is 41.4 Å². The number of nitrogens with zero attached hydrogens (tertiary/aromatic N) is 2. The van der Waals surface area contributed by atoms with Crippen LogP contribution in [-0.2, 0) is 13.0 Å². The van der Waals surface area contributed by atoms with E-state index in [9.17, 15) is 0 Å². The van der Waals surface area contributed by atoms with Crippen molar-refractivity contribution in [3.63, 3.8) is 0 Å². The molecule has 1 aromatic carbocycles. The number of hydrogen-bond donors (Lipinski definition) is 2. The van der Waals surface area contributed by atoms with Crippen LogP contribution in [-0.4, -0.2) is 24.0 Å². The van der Waals surface area contributed by atoms with Gasteiger partial charge in [0.1, 0.15) is 17.9 Å². The Hall–Kier alpha value is -2.34. The number of aryl methyl sites for hydroxylation is 2. The molecule has 0 bridgehead atoms. The van der Waals surface area contributed by atoms with Crippen LogP contribution in [0.5, 0.6) is 0 Å². The van der Waals surface area contributed by atoms with Gasteiger partial charge in [0.25, 0.3) is 0 Å². The van der Waals surface area contributed by atoms with Crippen molar-refractivity contribution >= 4 is 28.3 Å². The summed E-state index contributed by atoms with van der Waals surface area (Å²) < 4.78 is 5.82. The van der Waals surface area contributed by atoms with Gasteiger partial charge in [0.15, 0.2) is 5.96 Å². The lowest BCUT2D eigenvalue weighted by Gasteiger charge is -2.10. The van der Waals surface area contributed by atoms with Crippen molar-refractivity contribution in [1.29, 1.82) is 0 Å². The molecule has 0 aliphatic rings. The van der Waals surface area contributed by atoms with E-state index >= 15 is 0 Å². The van der Waals surface area contributed by atoms with Crippen LogP contribution >= 0.6 is 11.3 Å². The summed E-state index contributed by atoms with van der Waals surface area (Å²) in [6.07, 6.45) is 0.897. The molecule has 0 saturated heterocycles. The highest BCUT2D eigenvalue weighted by atomic mass is 32.1. The second kappa shape index (κ2) is 8.16. The fourth-order valence-electron chi connectivity index (χ4n) is 2.55. The summed E-state index contributed by atoms with van der Waals surface area (Å²) in [6, 6.07) is 10.1. The number of thiazole rings is 1. The third-order valence-corrected chi connectivity index (χ3v) is 5.05. The number of fused-ring (bicyclic) bond motifs is 1. The molecule has 0 amide bonds. The van der Waals surface area contributed by atoms with Crippen LogP contribution in [0.2, 0.25) is 0 Å². The highest BCUT2D eigenvalue weighted by Crippen LogP contribution is 2.19. The summed E-state index contributed by atoms with van der Waals surface area (Å²) in [5, 5.41) is 8.91. The minimum atomic E-state index is 0.513. The summed E-state index contributed by atoms with van der Waals surface area (Å²) in [5.41, 5.74) is 2.03. The molecule has 3 rings (SSSR count). The summed E-state index contributed by atoms with van der Waals surface area (Å²) in [5.74, 6) is 1.66. The molecule has 5 nitrogen and oxygen atoms in total. The number of furan rings is 1. The largest absolute Gasteiger partial charge is 0.459 e. The molecule has 0 aliphatic carbocycles. The van der Waals surface area contributed by atoms with E-state index in [-0.39, 0.29) is 0 Å². The minimum Gasteiger partial charge on any atom is -0.459 e. The fourth-order valence-corrected chi connectivity index (χ4v) is 3.48. The van der Waals surface area contributed by atoms with E-state index in [0.29, 0.717) is 6.54 Å². The summed E-state index contributed by atoms with van der Waals surface area (Å²) in [6.45, 7) is 8.37. The number of guanidine groups is 1. The lowest BCUT2D eigenvalue weighted by molar-refractivity contribution is 0.551. The minimum absolute atomic E-state index is 0.513. The topological polar surface area (TPSA) is 62.5 Å². The number of benzene rings is 1. The van der Waals surface area contributed by atoms with Gasteiger partial charge in [-0.2, -0.15) is 0 Å². The molecule has 0 saturated carbocycles. The van der Waals surface area contributed by atoms with Crippen LogP contribution in [0.25, 0.3) is 11.0 Å². The number of aromatic nitrogens is 1. The standard InChI is InChI=1S/C19H24N4OS/c1-4-20-19(21-10-9-18-23-13(2)14(3)25-18)22-12-16-11-15-7-5-6-8-17(15)24-16/h5-8,11H,4,9-10,12H2,1-3H3,(H2,20,21,22). The number of hydrogen-bond acceptors (Lipinski definition) is 4. The molecule has 2 heterocycles. The van der Waals surface area contributed by atoms with Crippen molar-refractivity contribution in [2.75, 3.05) is 13.1 Å². The van der Waals surface area contributed by atoms with Gasteiger partial charge in [-0.05, 0) is 32.9 Å². The zero-order valence-corrected chi connectivity index (χ0v) is 15.7. The third-order valence-electron chi connectivity index (χ3n) is 3.92. The van der Waals surface area contributed by atoms with Crippen LogP contribution in [0.1, 0.15) is 28.3 Å². The second-order valence-electron chi connectivity index (χ2n) is 5.87. The van der Waals surface area contributed by atoms with Gasteiger partial charge in [-0.25, -0.2) is 9.98 Å². The molecular weight excluding hydrogens is 332 g/mol. The first-order valence-electron chi connectivity index (χ1n) is 8.58. The van der Waals surface area contributed by atoms with Gasteiger partial charge in [0, 0.05) is 29.8 Å². The Kier molecular flexibility index (Phi) is 5.71. The smallest absolute Gasteiger partial charge is 0.191 e. The first-order valence-corrected chi connectivity index (χ1v) is 9.40. The SMILES string of the molecule is CCNC(=NCc1cc2ccccc2o1)NCCc1nc(C)c(C)s1. The maximum Gasteiger partial charge on any atom is 0.191 e. The highest BCUT2D eigenvalue weighted by molar-refractivity contribution is 7.11. The summed E-state index contributed by atoms with van der Waals surface area (Å²) >= 11 is 1.77. The summed E-state index contributed by atoms with van der Waals surface area (Å²) in [4.78, 5) is 10.5. The van der Waals surface area contributed by atoms with Gasteiger partial charge in [-0.1, -0.05) is 18.2 Å². The Morgan fingerprint density at radius 1 is 1.24 bits per heavy atom. The van der Waals surface area contributed by atoms with Gasteiger partial charge in [-0.15, -0.1) is 11.3 Å². The molecule has 25 heavy (non-hydrogen) atoms. The molecule has 0 radical (unpaired) electrons. The predicted molar refractivity (Wildman–Crippen MR) is 104 cm³/mol. The zero-order valence-electron chi connectivity index (χ0n) is 14.9.